The van der Waals surface area contributed by atoms with Crippen LogP contribution in [0, 0.1) is 20.8 Å². The van der Waals surface area contributed by atoms with Gasteiger partial charge in [0.05, 0.1) is 43.2 Å². The number of pyridine rings is 1. The number of thiazole rings is 1. The van der Waals surface area contributed by atoms with E-state index in [1.165, 1.54) is 30.6 Å². The van der Waals surface area contributed by atoms with E-state index in [0.717, 1.165) is 87.3 Å². The van der Waals surface area contributed by atoms with Crippen LogP contribution in [-0.4, -0.2) is 98.1 Å². The SMILES string of the molecule is Cc1ccc(S(=O)(=O)O)cc1.Cc1ccc(S(=O)(=O)O)cc1.Cc1nn2ccc(OCCN3CCC(O)CC3)cc2c1-c1nc(-c2ccccc2)c(-c2ncn[nH]2)s1. The van der Waals surface area contributed by atoms with Crippen LogP contribution in [-0.2, 0) is 20.2 Å². The van der Waals surface area contributed by atoms with E-state index in [4.69, 9.17) is 23.9 Å². The first kappa shape index (κ1) is 42.3. The van der Waals surface area contributed by atoms with Crippen LogP contribution in [0.1, 0.15) is 29.7 Å². The molecule has 0 aliphatic carbocycles. The normalized spacial score (nSPS) is 13.7. The quantitative estimate of drug-likeness (QED) is 0.114. The van der Waals surface area contributed by atoms with Crippen LogP contribution in [0.15, 0.2) is 113 Å². The number of hydrogen-bond acceptors (Lipinski definition) is 12. The van der Waals surface area contributed by atoms with Crippen LogP contribution in [0.4, 0.5) is 0 Å². The van der Waals surface area contributed by atoms with Gasteiger partial charge in [-0.15, -0.1) is 11.3 Å². The van der Waals surface area contributed by atoms with Crippen LogP contribution in [0.5, 0.6) is 5.75 Å². The molecule has 1 fully saturated rings. The fraction of sp³-hybridized carbons (Fsp3) is 0.250. The van der Waals surface area contributed by atoms with E-state index in [-0.39, 0.29) is 15.9 Å². The maximum absolute atomic E-state index is 10.5. The molecule has 7 aromatic rings. The van der Waals surface area contributed by atoms with Gasteiger partial charge in [0.15, 0.2) is 5.82 Å². The number of aromatic nitrogens is 6. The lowest BCUT2D eigenvalue weighted by Gasteiger charge is -2.29. The molecule has 8 rings (SSSR count). The number of nitrogens with zero attached hydrogens (tertiary/aromatic N) is 6. The monoisotopic (exact) mass is 845 g/mol. The number of aliphatic hydroxyl groups excluding tert-OH is 1. The molecule has 4 aromatic heterocycles. The van der Waals surface area contributed by atoms with Crippen molar-refractivity contribution in [3.05, 3.63) is 120 Å². The second kappa shape index (κ2) is 18.5. The third-order valence-electron chi connectivity index (χ3n) is 9.17. The van der Waals surface area contributed by atoms with Gasteiger partial charge in [0.2, 0.25) is 0 Å². The molecule has 4 N–H and O–H groups in total. The second-order valence-electron chi connectivity index (χ2n) is 13.5. The minimum Gasteiger partial charge on any atom is -0.492 e. The van der Waals surface area contributed by atoms with Gasteiger partial charge in [0.1, 0.15) is 23.7 Å². The first-order valence-corrected chi connectivity index (χ1v) is 21.9. The van der Waals surface area contributed by atoms with Gasteiger partial charge in [-0.3, -0.25) is 19.1 Å². The van der Waals surface area contributed by atoms with E-state index < -0.39 is 20.2 Å². The average Bonchev–Trinajstić information content (AvgIpc) is 3.95. The molecule has 1 aliphatic heterocycles. The minimum atomic E-state index is -4.02. The predicted octanol–water partition coefficient (Wildman–Crippen LogP) is 6.54. The first-order chi connectivity index (χ1) is 27.7. The van der Waals surface area contributed by atoms with E-state index in [9.17, 15) is 21.9 Å². The number of ether oxygens (including phenoxy) is 1. The zero-order chi connectivity index (χ0) is 41.5. The number of fused-ring (bicyclic) bond motifs is 1. The lowest BCUT2D eigenvalue weighted by molar-refractivity contribution is 0.0755. The van der Waals surface area contributed by atoms with Gasteiger partial charge in [0, 0.05) is 37.5 Å². The Morgan fingerprint density at radius 2 is 1.45 bits per heavy atom. The minimum absolute atomic E-state index is 0.0666. The van der Waals surface area contributed by atoms with Crippen LogP contribution < -0.4 is 4.74 Å². The predicted molar refractivity (Wildman–Crippen MR) is 221 cm³/mol. The molecule has 15 nitrogen and oxygen atoms in total. The molecule has 0 radical (unpaired) electrons. The van der Waals surface area contributed by atoms with Gasteiger partial charge in [-0.05, 0) is 63.9 Å². The fourth-order valence-corrected chi connectivity index (χ4v) is 8.15. The van der Waals surface area contributed by atoms with Crippen LogP contribution in [0.25, 0.3) is 38.0 Å². The van der Waals surface area contributed by atoms with Crippen molar-refractivity contribution in [1.82, 2.24) is 34.7 Å². The summed E-state index contributed by atoms with van der Waals surface area (Å²) in [5, 5.41) is 22.3. The summed E-state index contributed by atoms with van der Waals surface area (Å²) in [7, 11) is -8.04. The van der Waals surface area contributed by atoms with Crippen molar-refractivity contribution in [2.75, 3.05) is 26.2 Å². The number of aromatic amines is 1. The number of benzene rings is 3. The Hall–Kier alpha value is -5.34. The maximum atomic E-state index is 10.5. The molecule has 18 heteroatoms. The summed E-state index contributed by atoms with van der Waals surface area (Å²) in [4.78, 5) is 12.6. The van der Waals surface area contributed by atoms with Crippen molar-refractivity contribution in [3.63, 3.8) is 0 Å². The van der Waals surface area contributed by atoms with Gasteiger partial charge in [-0.2, -0.15) is 27.0 Å². The van der Waals surface area contributed by atoms with Crippen molar-refractivity contribution in [2.24, 2.45) is 0 Å². The smallest absolute Gasteiger partial charge is 0.294 e. The molecule has 1 aliphatic rings. The zero-order valence-electron chi connectivity index (χ0n) is 31.9. The summed E-state index contributed by atoms with van der Waals surface area (Å²) in [6, 6.07) is 26.1. The molecular weight excluding hydrogens is 803 g/mol. The first-order valence-electron chi connectivity index (χ1n) is 18.2. The Balaban J connectivity index is 0.000000210. The summed E-state index contributed by atoms with van der Waals surface area (Å²) in [6.07, 6.45) is 4.95. The summed E-state index contributed by atoms with van der Waals surface area (Å²) in [5.74, 6) is 1.50. The number of likely N-dealkylation sites (tertiary alicyclic amines) is 1. The standard InChI is InChI=1S/C26H27N7O2S.2C7H8O3S/c1-17-22(26-29-23(18-5-3-2-4-6-18)24(36-26)25-27-16-28-30-25)21-15-20(9-12-33(21)31-17)35-14-13-32-10-7-19(34)8-11-32;2*1-6-2-4-7(5-3-6)11(8,9)10/h2-6,9,12,15-16,19,34H,7-8,10-11,13-14H2,1H3,(H,27,28,30);2*2-5H,1H3,(H,8,9,10). The van der Waals surface area contributed by atoms with Gasteiger partial charge in [-0.1, -0.05) is 65.7 Å². The van der Waals surface area contributed by atoms with Crippen molar-refractivity contribution in [1.29, 1.82) is 0 Å². The number of aliphatic hydroxyl groups is 1. The Morgan fingerprint density at radius 1 is 0.845 bits per heavy atom. The van der Waals surface area contributed by atoms with E-state index in [1.54, 1.807) is 35.6 Å². The van der Waals surface area contributed by atoms with E-state index in [0.29, 0.717) is 12.4 Å². The summed E-state index contributed by atoms with van der Waals surface area (Å²) in [6.45, 7) is 8.96. The molecule has 0 saturated carbocycles. The van der Waals surface area contributed by atoms with Gasteiger partial charge in [-0.25, -0.2) is 14.5 Å². The highest BCUT2D eigenvalue weighted by molar-refractivity contribution is 7.86. The number of H-pyrrole nitrogens is 1. The third-order valence-corrected chi connectivity index (χ3v) is 12.0. The molecule has 0 atom stereocenters. The highest BCUT2D eigenvalue weighted by atomic mass is 32.2. The van der Waals surface area contributed by atoms with Crippen LogP contribution in [0.2, 0.25) is 0 Å². The number of nitrogens with one attached hydrogen (secondary N) is 1. The van der Waals surface area contributed by atoms with Gasteiger partial charge < -0.3 is 9.84 Å². The van der Waals surface area contributed by atoms with E-state index in [1.807, 2.05) is 61.8 Å². The van der Waals surface area contributed by atoms with Gasteiger partial charge in [0.25, 0.3) is 20.2 Å². The zero-order valence-corrected chi connectivity index (χ0v) is 34.4. The van der Waals surface area contributed by atoms with Crippen molar-refractivity contribution in [2.45, 2.75) is 49.5 Å². The molecular formula is C40H43N7O8S3. The molecule has 3 aromatic carbocycles. The van der Waals surface area contributed by atoms with Gasteiger partial charge >= 0.3 is 0 Å². The molecule has 1 saturated heterocycles. The Kier molecular flexibility index (Phi) is 13.5. The number of rotatable bonds is 9. The molecule has 304 valence electrons. The van der Waals surface area contributed by atoms with E-state index >= 15 is 0 Å². The third kappa shape index (κ3) is 11.0. The Bertz CT molecular complexity index is 2570. The molecule has 0 spiro atoms. The van der Waals surface area contributed by atoms with E-state index in [2.05, 4.69) is 32.2 Å². The second-order valence-corrected chi connectivity index (χ2v) is 17.4. The van der Waals surface area contributed by atoms with Crippen LogP contribution >= 0.6 is 11.3 Å². The van der Waals surface area contributed by atoms with Crippen molar-refractivity contribution >= 4 is 37.1 Å². The molecule has 0 amide bonds. The van der Waals surface area contributed by atoms with Crippen molar-refractivity contribution < 1.29 is 35.8 Å². The number of aryl methyl sites for hydroxylation is 3. The summed E-state index contributed by atoms with van der Waals surface area (Å²) < 4.78 is 67.1. The number of piperidine rings is 1. The number of hydrogen-bond donors (Lipinski definition) is 4. The summed E-state index contributed by atoms with van der Waals surface area (Å²) in [5.41, 5.74) is 6.63. The highest BCUT2D eigenvalue weighted by Crippen LogP contribution is 2.41. The molecule has 58 heavy (non-hydrogen) atoms. The Morgan fingerprint density at radius 3 is 2.00 bits per heavy atom. The molecule has 0 bridgehead atoms. The average molecular weight is 846 g/mol. The maximum Gasteiger partial charge on any atom is 0.294 e. The summed E-state index contributed by atoms with van der Waals surface area (Å²) >= 11 is 1.58. The van der Waals surface area contributed by atoms with Crippen molar-refractivity contribution in [3.8, 4) is 38.3 Å². The molecule has 0 unspecified atom stereocenters. The topological polar surface area (TPSA) is 213 Å². The lowest BCUT2D eigenvalue weighted by atomic mass is 10.1. The largest absolute Gasteiger partial charge is 0.492 e. The molecule has 5 heterocycles. The highest BCUT2D eigenvalue weighted by Gasteiger charge is 2.22. The Labute approximate surface area is 340 Å². The van der Waals surface area contributed by atoms with Crippen LogP contribution in [0.3, 0.4) is 0 Å². The fourth-order valence-electron chi connectivity index (χ4n) is 6.05. The lowest BCUT2D eigenvalue weighted by Crippen LogP contribution is -2.38.